The molecule has 14 heavy (non-hydrogen) atoms. The Kier molecular flexibility index (Phi) is 9.19. The summed E-state index contributed by atoms with van der Waals surface area (Å²) in [6.45, 7) is 2.02. The van der Waals surface area contributed by atoms with Gasteiger partial charge in [0.25, 0.3) is 0 Å². The Labute approximate surface area is 89.9 Å². The van der Waals surface area contributed by atoms with E-state index in [4.69, 9.17) is 10.2 Å². The molecule has 0 saturated carbocycles. The molecule has 0 aromatic rings. The van der Waals surface area contributed by atoms with Crippen LogP contribution in [0, 0.1) is 5.92 Å². The van der Waals surface area contributed by atoms with E-state index in [1.807, 2.05) is 0 Å². The van der Waals surface area contributed by atoms with E-state index >= 15 is 0 Å². The quantitative estimate of drug-likeness (QED) is 0.583. The smallest absolute Gasteiger partial charge is 0.307 e. The highest BCUT2D eigenvalue weighted by Gasteiger charge is 2.09. The molecule has 84 valence electrons. The zero-order chi connectivity index (χ0) is 10.8. The van der Waals surface area contributed by atoms with Gasteiger partial charge in [-0.1, -0.05) is 19.8 Å². The first-order valence-electron chi connectivity index (χ1n) is 5.10. The summed E-state index contributed by atoms with van der Waals surface area (Å²) < 4.78 is 0. The summed E-state index contributed by atoms with van der Waals surface area (Å²) in [6, 6.07) is 0. The van der Waals surface area contributed by atoms with Crippen molar-refractivity contribution in [1.29, 1.82) is 0 Å². The topological polar surface area (TPSA) is 57.5 Å². The molecule has 4 heteroatoms. The molecule has 0 fully saturated rings. The zero-order valence-corrected chi connectivity index (χ0v) is 9.55. The van der Waals surface area contributed by atoms with E-state index in [1.54, 1.807) is 18.7 Å². The molecule has 0 aliphatic rings. The van der Waals surface area contributed by atoms with Crippen molar-refractivity contribution < 1.29 is 15.0 Å². The molecule has 0 radical (unpaired) electrons. The van der Waals surface area contributed by atoms with Crippen LogP contribution in [0.25, 0.3) is 0 Å². The van der Waals surface area contributed by atoms with Gasteiger partial charge in [0.2, 0.25) is 0 Å². The minimum atomic E-state index is -0.710. The van der Waals surface area contributed by atoms with Gasteiger partial charge in [0.1, 0.15) is 0 Å². The number of aliphatic hydroxyl groups is 1. The van der Waals surface area contributed by atoms with Crippen LogP contribution in [0.4, 0.5) is 0 Å². The molecule has 0 aromatic heterocycles. The molecule has 0 amide bonds. The van der Waals surface area contributed by atoms with E-state index in [9.17, 15) is 4.79 Å². The summed E-state index contributed by atoms with van der Waals surface area (Å²) in [5.41, 5.74) is 0. The second-order valence-corrected chi connectivity index (χ2v) is 4.60. The lowest BCUT2D eigenvalue weighted by Crippen LogP contribution is -2.11. The van der Waals surface area contributed by atoms with Crippen molar-refractivity contribution in [2.45, 2.75) is 32.6 Å². The summed E-state index contributed by atoms with van der Waals surface area (Å²) in [7, 11) is 0. The van der Waals surface area contributed by atoms with Crippen LogP contribution in [-0.2, 0) is 4.79 Å². The minimum Gasteiger partial charge on any atom is -0.481 e. The Morgan fingerprint density at radius 1 is 1.29 bits per heavy atom. The predicted molar refractivity (Wildman–Crippen MR) is 59.7 cm³/mol. The van der Waals surface area contributed by atoms with Gasteiger partial charge >= 0.3 is 5.97 Å². The van der Waals surface area contributed by atoms with Crippen LogP contribution < -0.4 is 0 Å². The SMILES string of the molecule is CC(CSCCCCCCO)C(=O)O. The third-order valence-electron chi connectivity index (χ3n) is 1.99. The van der Waals surface area contributed by atoms with E-state index in [0.717, 1.165) is 31.4 Å². The maximum Gasteiger partial charge on any atom is 0.307 e. The zero-order valence-electron chi connectivity index (χ0n) is 8.74. The fourth-order valence-corrected chi connectivity index (χ4v) is 2.07. The minimum absolute atomic E-state index is 0.238. The number of carboxylic acids is 1. The summed E-state index contributed by atoms with van der Waals surface area (Å²) in [4.78, 5) is 10.5. The molecule has 0 aromatic carbocycles. The van der Waals surface area contributed by atoms with Crippen molar-refractivity contribution in [3.63, 3.8) is 0 Å². The third kappa shape index (κ3) is 8.38. The van der Waals surface area contributed by atoms with Crippen molar-refractivity contribution in [3.8, 4) is 0 Å². The first kappa shape index (κ1) is 13.8. The van der Waals surface area contributed by atoms with Crippen LogP contribution in [0.1, 0.15) is 32.6 Å². The molecular formula is C10H20O3S. The van der Waals surface area contributed by atoms with Crippen molar-refractivity contribution in [2.75, 3.05) is 18.1 Å². The average Bonchev–Trinajstić information content (AvgIpc) is 2.16. The van der Waals surface area contributed by atoms with Crippen molar-refractivity contribution in [3.05, 3.63) is 0 Å². The van der Waals surface area contributed by atoms with Crippen LogP contribution in [0.2, 0.25) is 0 Å². The summed E-state index contributed by atoms with van der Waals surface area (Å²) in [6.07, 6.45) is 4.22. The number of aliphatic hydroxyl groups excluding tert-OH is 1. The van der Waals surface area contributed by atoms with E-state index in [0.29, 0.717) is 5.75 Å². The first-order valence-corrected chi connectivity index (χ1v) is 6.25. The molecule has 1 atom stereocenters. The monoisotopic (exact) mass is 220 g/mol. The van der Waals surface area contributed by atoms with Gasteiger partial charge in [0.05, 0.1) is 5.92 Å². The van der Waals surface area contributed by atoms with Crippen LogP contribution in [0.15, 0.2) is 0 Å². The number of hydrogen-bond donors (Lipinski definition) is 2. The molecule has 0 bridgehead atoms. The van der Waals surface area contributed by atoms with Gasteiger partial charge in [0.15, 0.2) is 0 Å². The molecule has 0 rings (SSSR count). The molecule has 2 N–H and O–H groups in total. The van der Waals surface area contributed by atoms with Gasteiger partial charge in [-0.2, -0.15) is 11.8 Å². The average molecular weight is 220 g/mol. The molecular weight excluding hydrogens is 200 g/mol. The fourth-order valence-electron chi connectivity index (χ4n) is 1.00. The highest BCUT2D eigenvalue weighted by molar-refractivity contribution is 7.99. The summed E-state index contributed by atoms with van der Waals surface area (Å²) in [5, 5.41) is 17.1. The van der Waals surface area contributed by atoms with Gasteiger partial charge in [-0.25, -0.2) is 0 Å². The number of aliphatic carboxylic acids is 1. The van der Waals surface area contributed by atoms with Crippen LogP contribution >= 0.6 is 11.8 Å². The summed E-state index contributed by atoms with van der Waals surface area (Å²) >= 11 is 1.70. The third-order valence-corrected chi connectivity index (χ3v) is 3.30. The highest BCUT2D eigenvalue weighted by atomic mass is 32.2. The lowest BCUT2D eigenvalue weighted by atomic mass is 10.2. The molecule has 0 saturated heterocycles. The van der Waals surface area contributed by atoms with Crippen LogP contribution in [0.5, 0.6) is 0 Å². The van der Waals surface area contributed by atoms with Gasteiger partial charge in [0, 0.05) is 12.4 Å². The Balaban J connectivity index is 3.09. The van der Waals surface area contributed by atoms with Gasteiger partial charge < -0.3 is 10.2 Å². The lowest BCUT2D eigenvalue weighted by Gasteiger charge is -2.05. The Bertz CT molecular complexity index is 150. The maximum absolute atomic E-state index is 10.5. The number of thioether (sulfide) groups is 1. The molecule has 0 aliphatic carbocycles. The lowest BCUT2D eigenvalue weighted by molar-refractivity contribution is -0.140. The van der Waals surface area contributed by atoms with Crippen molar-refractivity contribution >= 4 is 17.7 Å². The molecule has 0 aliphatic heterocycles. The van der Waals surface area contributed by atoms with E-state index in [2.05, 4.69) is 0 Å². The Morgan fingerprint density at radius 2 is 1.93 bits per heavy atom. The number of unbranched alkanes of at least 4 members (excludes halogenated alkanes) is 3. The Morgan fingerprint density at radius 3 is 2.50 bits per heavy atom. The Hall–Kier alpha value is -0.220. The molecule has 0 heterocycles. The van der Waals surface area contributed by atoms with E-state index in [-0.39, 0.29) is 12.5 Å². The second kappa shape index (κ2) is 9.34. The highest BCUT2D eigenvalue weighted by Crippen LogP contribution is 2.11. The molecule has 3 nitrogen and oxygen atoms in total. The van der Waals surface area contributed by atoms with Gasteiger partial charge in [-0.05, 0) is 18.6 Å². The predicted octanol–water partition coefficient (Wildman–Crippen LogP) is 1.99. The van der Waals surface area contributed by atoms with E-state index < -0.39 is 5.97 Å². The first-order chi connectivity index (χ1) is 6.68. The number of hydrogen-bond acceptors (Lipinski definition) is 3. The summed E-state index contributed by atoms with van der Waals surface area (Å²) in [5.74, 6) is 0.786. The van der Waals surface area contributed by atoms with Crippen LogP contribution in [-0.4, -0.2) is 34.3 Å². The van der Waals surface area contributed by atoms with E-state index in [1.165, 1.54) is 0 Å². The van der Waals surface area contributed by atoms with Gasteiger partial charge in [-0.3, -0.25) is 4.79 Å². The number of carboxylic acid groups (broad SMARTS) is 1. The second-order valence-electron chi connectivity index (χ2n) is 3.45. The largest absolute Gasteiger partial charge is 0.481 e. The van der Waals surface area contributed by atoms with Crippen molar-refractivity contribution in [2.24, 2.45) is 5.92 Å². The normalized spacial score (nSPS) is 12.7. The number of carbonyl (C=O) groups is 1. The van der Waals surface area contributed by atoms with Gasteiger partial charge in [-0.15, -0.1) is 0 Å². The molecule has 1 unspecified atom stereocenters. The van der Waals surface area contributed by atoms with Crippen LogP contribution in [0.3, 0.4) is 0 Å². The fraction of sp³-hybridized carbons (Fsp3) is 0.900. The van der Waals surface area contributed by atoms with Crippen molar-refractivity contribution in [1.82, 2.24) is 0 Å². The number of rotatable bonds is 9. The maximum atomic E-state index is 10.5. The molecule has 0 spiro atoms. The standard InChI is InChI=1S/C10H20O3S/c1-9(10(12)13)8-14-7-5-3-2-4-6-11/h9,11H,2-8H2,1H3,(H,12,13).